The minimum atomic E-state index is -4.54. The summed E-state index contributed by atoms with van der Waals surface area (Å²) in [5.41, 5.74) is 4.44. The number of hydrogen-bond donors (Lipinski definition) is 2. The molecular formula is C16H18F3N3O5. The average Bonchev–Trinajstić information content (AvgIpc) is 2.97. The molecule has 27 heavy (non-hydrogen) atoms. The zero-order valence-electron chi connectivity index (χ0n) is 14.6. The van der Waals surface area contributed by atoms with Crippen LogP contribution in [0.5, 0.6) is 11.5 Å². The lowest BCUT2D eigenvalue weighted by molar-refractivity contribution is -0.157. The molecule has 1 heterocycles. The third-order valence-electron chi connectivity index (χ3n) is 3.90. The van der Waals surface area contributed by atoms with E-state index in [0.29, 0.717) is 16.4 Å². The van der Waals surface area contributed by atoms with Crippen molar-refractivity contribution >= 4 is 17.7 Å². The van der Waals surface area contributed by atoms with Crippen molar-refractivity contribution in [3.63, 3.8) is 0 Å². The molecule has 11 heteroatoms. The van der Waals surface area contributed by atoms with Gasteiger partial charge in [0.2, 0.25) is 11.8 Å². The molecule has 1 aliphatic heterocycles. The Morgan fingerprint density at radius 1 is 1.19 bits per heavy atom. The number of amides is 3. The van der Waals surface area contributed by atoms with Gasteiger partial charge in [-0.1, -0.05) is 0 Å². The van der Waals surface area contributed by atoms with Crippen LogP contribution < -0.4 is 20.3 Å². The quantitative estimate of drug-likeness (QED) is 0.729. The summed E-state index contributed by atoms with van der Waals surface area (Å²) in [5, 5.41) is 0. The van der Waals surface area contributed by atoms with Crippen molar-refractivity contribution in [3.05, 3.63) is 23.8 Å². The van der Waals surface area contributed by atoms with Gasteiger partial charge in [-0.05, 0) is 18.2 Å². The molecular weight excluding hydrogens is 371 g/mol. The van der Waals surface area contributed by atoms with Crippen LogP contribution in [0, 0.1) is 5.92 Å². The van der Waals surface area contributed by atoms with Crippen LogP contribution in [-0.4, -0.2) is 56.1 Å². The van der Waals surface area contributed by atoms with E-state index < -0.39 is 36.4 Å². The van der Waals surface area contributed by atoms with E-state index in [4.69, 9.17) is 9.47 Å². The summed E-state index contributed by atoms with van der Waals surface area (Å²) in [7, 11) is 2.83. The molecule has 2 N–H and O–H groups in total. The third kappa shape index (κ3) is 5.25. The number of rotatable bonds is 5. The molecule has 1 aromatic rings. The molecule has 0 radical (unpaired) electrons. The minimum Gasteiger partial charge on any atom is -0.493 e. The molecule has 0 spiro atoms. The van der Waals surface area contributed by atoms with Gasteiger partial charge in [-0.25, -0.2) is 0 Å². The molecule has 148 valence electrons. The highest BCUT2D eigenvalue weighted by atomic mass is 19.4. The fourth-order valence-corrected chi connectivity index (χ4v) is 2.59. The van der Waals surface area contributed by atoms with Crippen LogP contribution in [-0.2, 0) is 9.59 Å². The van der Waals surface area contributed by atoms with Crippen molar-refractivity contribution < 1.29 is 37.0 Å². The fraction of sp³-hybridized carbons (Fsp3) is 0.438. The Labute approximate surface area is 152 Å². The number of methoxy groups -OCH3 is 2. The number of halogens is 3. The van der Waals surface area contributed by atoms with Crippen molar-refractivity contribution in [1.82, 2.24) is 15.8 Å². The van der Waals surface area contributed by atoms with Crippen LogP contribution in [0.4, 0.5) is 13.2 Å². The predicted molar refractivity (Wildman–Crippen MR) is 85.9 cm³/mol. The zero-order chi connectivity index (χ0) is 20.2. The van der Waals surface area contributed by atoms with Gasteiger partial charge in [0.25, 0.3) is 5.91 Å². The van der Waals surface area contributed by atoms with E-state index >= 15 is 0 Å². The van der Waals surface area contributed by atoms with E-state index in [2.05, 4.69) is 10.9 Å². The number of hydrogen-bond acceptors (Lipinski definition) is 5. The SMILES string of the molecule is COc1ccc(C(=O)NNC(=O)C2CC(=O)N(CC(F)(F)F)C2)cc1OC. The number of nitrogens with zero attached hydrogens (tertiary/aromatic N) is 1. The van der Waals surface area contributed by atoms with E-state index in [1.54, 1.807) is 0 Å². The first-order chi connectivity index (χ1) is 12.6. The van der Waals surface area contributed by atoms with Gasteiger partial charge in [-0.15, -0.1) is 0 Å². The average molecular weight is 389 g/mol. The molecule has 0 aromatic heterocycles. The van der Waals surface area contributed by atoms with E-state index in [1.165, 1.54) is 32.4 Å². The Balaban J connectivity index is 1.92. The van der Waals surface area contributed by atoms with Gasteiger partial charge >= 0.3 is 6.18 Å². The molecule has 2 rings (SSSR count). The number of carbonyl (C=O) groups is 3. The first kappa shape index (κ1) is 20.3. The van der Waals surface area contributed by atoms with Crippen LogP contribution in [0.25, 0.3) is 0 Å². The summed E-state index contributed by atoms with van der Waals surface area (Å²) in [4.78, 5) is 36.3. The Morgan fingerprint density at radius 3 is 2.44 bits per heavy atom. The van der Waals surface area contributed by atoms with Gasteiger partial charge in [0, 0.05) is 18.5 Å². The fourth-order valence-electron chi connectivity index (χ4n) is 2.59. The maximum Gasteiger partial charge on any atom is 0.406 e. The highest BCUT2D eigenvalue weighted by Gasteiger charge is 2.40. The number of ether oxygens (including phenoxy) is 2. The summed E-state index contributed by atoms with van der Waals surface area (Å²) in [6.07, 6.45) is -4.89. The van der Waals surface area contributed by atoms with E-state index in [1.807, 2.05) is 0 Å². The summed E-state index contributed by atoms with van der Waals surface area (Å²) in [5.74, 6) is -2.44. The van der Waals surface area contributed by atoms with Crippen molar-refractivity contribution in [2.45, 2.75) is 12.6 Å². The molecule has 8 nitrogen and oxygen atoms in total. The molecule has 0 bridgehead atoms. The molecule has 1 unspecified atom stereocenters. The zero-order valence-corrected chi connectivity index (χ0v) is 14.6. The molecule has 1 atom stereocenters. The maximum absolute atomic E-state index is 12.4. The number of likely N-dealkylation sites (tertiary alicyclic amines) is 1. The highest BCUT2D eigenvalue weighted by molar-refractivity contribution is 5.97. The second-order valence-corrected chi connectivity index (χ2v) is 5.80. The molecule has 1 aliphatic rings. The van der Waals surface area contributed by atoms with Crippen molar-refractivity contribution in [2.75, 3.05) is 27.3 Å². The predicted octanol–water partition coefficient (Wildman–Crippen LogP) is 0.876. The van der Waals surface area contributed by atoms with E-state index in [0.717, 1.165) is 0 Å². The standard InChI is InChI=1S/C16H18F3N3O5/c1-26-11-4-3-9(5-12(11)27-2)14(24)20-21-15(25)10-6-13(23)22(7-10)8-16(17,18)19/h3-5,10H,6-8H2,1-2H3,(H,20,24)(H,21,25). The van der Waals surface area contributed by atoms with Gasteiger partial charge < -0.3 is 14.4 Å². The Hall–Kier alpha value is -2.98. The molecule has 3 amide bonds. The summed E-state index contributed by atoms with van der Waals surface area (Å²) in [6.45, 7) is -1.77. The first-order valence-corrected chi connectivity index (χ1v) is 7.81. The Morgan fingerprint density at radius 2 is 1.85 bits per heavy atom. The number of alkyl halides is 3. The molecule has 1 saturated heterocycles. The van der Waals surface area contributed by atoms with Crippen molar-refractivity contribution in [3.8, 4) is 11.5 Å². The lowest BCUT2D eigenvalue weighted by Gasteiger charge is -2.18. The largest absolute Gasteiger partial charge is 0.493 e. The van der Waals surface area contributed by atoms with Gasteiger partial charge in [0.1, 0.15) is 6.54 Å². The summed E-state index contributed by atoms with van der Waals surface area (Å²) >= 11 is 0. The van der Waals surface area contributed by atoms with Crippen LogP contribution in [0.2, 0.25) is 0 Å². The lowest BCUT2D eigenvalue weighted by atomic mass is 10.1. The van der Waals surface area contributed by atoms with Crippen molar-refractivity contribution in [2.24, 2.45) is 5.92 Å². The van der Waals surface area contributed by atoms with Gasteiger partial charge in [0.15, 0.2) is 11.5 Å². The van der Waals surface area contributed by atoms with Crippen LogP contribution in [0.15, 0.2) is 18.2 Å². The molecule has 0 saturated carbocycles. The van der Waals surface area contributed by atoms with E-state index in [-0.39, 0.29) is 18.5 Å². The van der Waals surface area contributed by atoms with Gasteiger partial charge in [0.05, 0.1) is 20.1 Å². The third-order valence-corrected chi connectivity index (χ3v) is 3.90. The lowest BCUT2D eigenvalue weighted by Crippen LogP contribution is -2.45. The van der Waals surface area contributed by atoms with E-state index in [9.17, 15) is 27.6 Å². The first-order valence-electron chi connectivity index (χ1n) is 7.81. The van der Waals surface area contributed by atoms with Crippen LogP contribution in [0.3, 0.4) is 0 Å². The Bertz CT molecular complexity index is 739. The maximum atomic E-state index is 12.4. The smallest absolute Gasteiger partial charge is 0.406 e. The minimum absolute atomic E-state index is 0.161. The number of hydrazine groups is 1. The van der Waals surface area contributed by atoms with Gasteiger partial charge in [-0.2, -0.15) is 13.2 Å². The molecule has 1 fully saturated rings. The second kappa shape index (κ2) is 8.14. The number of nitrogens with one attached hydrogen (secondary N) is 2. The second-order valence-electron chi connectivity index (χ2n) is 5.80. The van der Waals surface area contributed by atoms with Gasteiger partial charge in [-0.3, -0.25) is 25.2 Å². The monoisotopic (exact) mass is 389 g/mol. The molecule has 0 aliphatic carbocycles. The topological polar surface area (TPSA) is 97.0 Å². The summed E-state index contributed by atoms with van der Waals surface area (Å²) in [6, 6.07) is 4.33. The van der Waals surface area contributed by atoms with Crippen LogP contribution >= 0.6 is 0 Å². The molecule has 1 aromatic carbocycles. The normalized spacial score (nSPS) is 16.9. The highest BCUT2D eigenvalue weighted by Crippen LogP contribution is 2.27. The Kier molecular flexibility index (Phi) is 6.13. The van der Waals surface area contributed by atoms with Crippen LogP contribution in [0.1, 0.15) is 16.8 Å². The summed E-state index contributed by atoms with van der Waals surface area (Å²) < 4.78 is 47.3. The number of benzene rings is 1. The number of carbonyl (C=O) groups excluding carboxylic acids is 3. The van der Waals surface area contributed by atoms with Crippen molar-refractivity contribution in [1.29, 1.82) is 0 Å².